The molecule has 1 aromatic rings. The van der Waals surface area contributed by atoms with Crippen molar-refractivity contribution in [2.45, 2.75) is 5.75 Å². The molecule has 0 unspecified atom stereocenters. The van der Waals surface area contributed by atoms with Crippen molar-refractivity contribution in [2.75, 3.05) is 34.3 Å². The lowest BCUT2D eigenvalue weighted by molar-refractivity contribution is 0.412. The van der Waals surface area contributed by atoms with E-state index >= 15 is 0 Å². The van der Waals surface area contributed by atoms with Crippen molar-refractivity contribution >= 4 is 10.0 Å². The summed E-state index contributed by atoms with van der Waals surface area (Å²) in [4.78, 5) is 1.92. The minimum Gasteiger partial charge on any atom is -0.497 e. The lowest BCUT2D eigenvalue weighted by Crippen LogP contribution is -2.32. The molecular formula is C12H20N2O3S. The van der Waals surface area contributed by atoms with E-state index in [4.69, 9.17) is 4.74 Å². The summed E-state index contributed by atoms with van der Waals surface area (Å²) in [5.74, 6) is 0.633. The Morgan fingerprint density at radius 3 is 2.67 bits per heavy atom. The van der Waals surface area contributed by atoms with Crippen LogP contribution < -0.4 is 9.46 Å². The Morgan fingerprint density at radius 1 is 1.33 bits per heavy atom. The van der Waals surface area contributed by atoms with Crippen LogP contribution in [0.15, 0.2) is 24.3 Å². The third kappa shape index (κ3) is 5.48. The Labute approximate surface area is 109 Å². The number of nitrogens with zero attached hydrogens (tertiary/aromatic N) is 1. The van der Waals surface area contributed by atoms with Gasteiger partial charge < -0.3 is 9.64 Å². The second kappa shape index (κ2) is 6.72. The fourth-order valence-electron chi connectivity index (χ4n) is 1.46. The highest BCUT2D eigenvalue weighted by atomic mass is 32.2. The molecule has 102 valence electrons. The van der Waals surface area contributed by atoms with E-state index in [1.807, 2.05) is 19.0 Å². The fourth-order valence-corrected chi connectivity index (χ4v) is 2.58. The van der Waals surface area contributed by atoms with Gasteiger partial charge in [-0.3, -0.25) is 0 Å². The standard InChI is InChI=1S/C12H20N2O3S/c1-14(2)8-7-13-18(15,16)10-11-5-4-6-12(9-11)17-3/h4-6,9,13H,7-8,10H2,1-3H3. The number of rotatable bonds is 7. The van der Waals surface area contributed by atoms with Gasteiger partial charge in [0, 0.05) is 13.1 Å². The minimum atomic E-state index is -3.29. The molecule has 1 rings (SSSR count). The summed E-state index contributed by atoms with van der Waals surface area (Å²) in [6.45, 7) is 1.09. The van der Waals surface area contributed by atoms with Crippen LogP contribution in [0, 0.1) is 0 Å². The van der Waals surface area contributed by atoms with Gasteiger partial charge in [-0.1, -0.05) is 12.1 Å². The number of methoxy groups -OCH3 is 1. The molecule has 0 radical (unpaired) electrons. The molecule has 0 atom stereocenters. The third-order valence-electron chi connectivity index (χ3n) is 2.37. The van der Waals surface area contributed by atoms with Gasteiger partial charge in [0.2, 0.25) is 10.0 Å². The number of benzene rings is 1. The van der Waals surface area contributed by atoms with E-state index in [0.717, 1.165) is 0 Å². The second-order valence-corrected chi connectivity index (χ2v) is 6.12. The first kappa shape index (κ1) is 14.9. The van der Waals surface area contributed by atoms with Crippen LogP contribution in [-0.4, -0.2) is 47.6 Å². The fraction of sp³-hybridized carbons (Fsp3) is 0.500. The molecule has 0 aliphatic heterocycles. The summed E-state index contributed by atoms with van der Waals surface area (Å²) in [6.07, 6.45) is 0. The van der Waals surface area contributed by atoms with Crippen LogP contribution in [0.25, 0.3) is 0 Å². The molecule has 0 heterocycles. The van der Waals surface area contributed by atoms with E-state index in [2.05, 4.69) is 4.72 Å². The summed E-state index contributed by atoms with van der Waals surface area (Å²) < 4.78 is 31.2. The maximum Gasteiger partial charge on any atom is 0.215 e. The van der Waals surface area contributed by atoms with Gasteiger partial charge in [0.15, 0.2) is 0 Å². The number of hydrogen-bond donors (Lipinski definition) is 1. The number of sulfonamides is 1. The molecule has 0 saturated heterocycles. The van der Waals surface area contributed by atoms with Gasteiger partial charge in [0.05, 0.1) is 12.9 Å². The Kier molecular flexibility index (Phi) is 5.58. The molecule has 0 aliphatic carbocycles. The molecule has 18 heavy (non-hydrogen) atoms. The normalized spacial score (nSPS) is 11.8. The largest absolute Gasteiger partial charge is 0.497 e. The minimum absolute atomic E-state index is 0.0301. The van der Waals surface area contributed by atoms with Gasteiger partial charge in [0.25, 0.3) is 0 Å². The van der Waals surface area contributed by atoms with Crippen molar-refractivity contribution < 1.29 is 13.2 Å². The van der Waals surface area contributed by atoms with Gasteiger partial charge in [-0.2, -0.15) is 0 Å². The number of hydrogen-bond acceptors (Lipinski definition) is 4. The Bertz CT molecular complexity index is 472. The smallest absolute Gasteiger partial charge is 0.215 e. The Balaban J connectivity index is 2.59. The maximum atomic E-state index is 11.8. The molecule has 0 spiro atoms. The molecule has 0 saturated carbocycles. The molecule has 0 aliphatic rings. The maximum absolute atomic E-state index is 11.8. The quantitative estimate of drug-likeness (QED) is 0.793. The van der Waals surface area contributed by atoms with Gasteiger partial charge in [-0.15, -0.1) is 0 Å². The van der Waals surface area contributed by atoms with Crippen molar-refractivity contribution in [3.63, 3.8) is 0 Å². The van der Waals surface area contributed by atoms with E-state index in [0.29, 0.717) is 24.4 Å². The first-order valence-electron chi connectivity index (χ1n) is 5.68. The summed E-state index contributed by atoms with van der Waals surface area (Å²) >= 11 is 0. The molecule has 1 N–H and O–H groups in total. The van der Waals surface area contributed by atoms with Gasteiger partial charge >= 0.3 is 0 Å². The Morgan fingerprint density at radius 2 is 2.06 bits per heavy atom. The first-order valence-corrected chi connectivity index (χ1v) is 7.33. The predicted molar refractivity (Wildman–Crippen MR) is 72.2 cm³/mol. The summed E-state index contributed by atoms with van der Waals surface area (Å²) in [5, 5.41) is 0. The summed E-state index contributed by atoms with van der Waals surface area (Å²) in [6, 6.07) is 7.07. The average molecular weight is 272 g/mol. The van der Waals surface area contributed by atoms with Crippen LogP contribution in [0.3, 0.4) is 0 Å². The topological polar surface area (TPSA) is 58.6 Å². The molecule has 5 nitrogen and oxygen atoms in total. The molecule has 0 fully saturated rings. The summed E-state index contributed by atoms with van der Waals surface area (Å²) in [7, 11) is 2.07. The van der Waals surface area contributed by atoms with Crippen molar-refractivity contribution in [3.05, 3.63) is 29.8 Å². The van der Waals surface area contributed by atoms with Crippen LogP contribution in [0.4, 0.5) is 0 Å². The predicted octanol–water partition coefficient (Wildman–Crippen LogP) is 0.676. The second-order valence-electron chi connectivity index (χ2n) is 4.31. The van der Waals surface area contributed by atoms with E-state index in [1.165, 1.54) is 0 Å². The molecule has 0 aromatic heterocycles. The van der Waals surface area contributed by atoms with Crippen LogP contribution in [0.5, 0.6) is 5.75 Å². The molecule has 0 amide bonds. The van der Waals surface area contributed by atoms with E-state index in [-0.39, 0.29) is 5.75 Å². The highest BCUT2D eigenvalue weighted by Gasteiger charge is 2.11. The SMILES string of the molecule is COc1cccc(CS(=O)(=O)NCCN(C)C)c1. The first-order chi connectivity index (χ1) is 8.43. The van der Waals surface area contributed by atoms with Crippen LogP contribution >= 0.6 is 0 Å². The van der Waals surface area contributed by atoms with Crippen molar-refractivity contribution in [3.8, 4) is 5.75 Å². The Hall–Kier alpha value is -1.11. The van der Waals surface area contributed by atoms with Crippen molar-refractivity contribution in [2.24, 2.45) is 0 Å². The van der Waals surface area contributed by atoms with Crippen LogP contribution in [-0.2, 0) is 15.8 Å². The van der Waals surface area contributed by atoms with Crippen LogP contribution in [0.1, 0.15) is 5.56 Å². The highest BCUT2D eigenvalue weighted by molar-refractivity contribution is 7.88. The van der Waals surface area contributed by atoms with Gasteiger partial charge in [-0.25, -0.2) is 13.1 Å². The zero-order valence-electron chi connectivity index (χ0n) is 11.0. The monoisotopic (exact) mass is 272 g/mol. The van der Waals surface area contributed by atoms with Crippen molar-refractivity contribution in [1.29, 1.82) is 0 Å². The van der Waals surface area contributed by atoms with Gasteiger partial charge in [0.1, 0.15) is 5.75 Å². The molecule has 6 heteroatoms. The highest BCUT2D eigenvalue weighted by Crippen LogP contribution is 2.14. The molecular weight excluding hydrogens is 252 g/mol. The lowest BCUT2D eigenvalue weighted by Gasteiger charge is -2.11. The summed E-state index contributed by atoms with van der Waals surface area (Å²) in [5.41, 5.74) is 0.715. The number of nitrogens with one attached hydrogen (secondary N) is 1. The van der Waals surface area contributed by atoms with Gasteiger partial charge in [-0.05, 0) is 31.8 Å². The van der Waals surface area contributed by atoms with E-state index < -0.39 is 10.0 Å². The third-order valence-corrected chi connectivity index (χ3v) is 3.73. The molecule has 0 bridgehead atoms. The zero-order chi connectivity index (χ0) is 13.6. The van der Waals surface area contributed by atoms with E-state index in [9.17, 15) is 8.42 Å². The zero-order valence-corrected chi connectivity index (χ0v) is 11.8. The van der Waals surface area contributed by atoms with Crippen molar-refractivity contribution in [1.82, 2.24) is 9.62 Å². The molecule has 1 aromatic carbocycles. The average Bonchev–Trinajstić information content (AvgIpc) is 2.27. The number of likely N-dealkylation sites (N-methyl/N-ethyl adjacent to an activating group) is 1. The van der Waals surface area contributed by atoms with E-state index in [1.54, 1.807) is 31.4 Å². The lowest BCUT2D eigenvalue weighted by atomic mass is 10.2. The van der Waals surface area contributed by atoms with Crippen LogP contribution in [0.2, 0.25) is 0 Å². The number of ether oxygens (including phenoxy) is 1.